The predicted molar refractivity (Wildman–Crippen MR) is 241 cm³/mol. The number of halogens is 1. The molecular formula is C51H33ClN6. The molecule has 7 heteroatoms. The lowest BCUT2D eigenvalue weighted by atomic mass is 10.0. The second-order valence-corrected chi connectivity index (χ2v) is 14.9. The van der Waals surface area contributed by atoms with Gasteiger partial charge in [0.15, 0.2) is 0 Å². The molecule has 2 aliphatic rings. The van der Waals surface area contributed by atoms with Crippen LogP contribution in [0.25, 0.3) is 113 Å². The molecule has 8 bridgehead atoms. The maximum absolute atomic E-state index is 6.21. The van der Waals surface area contributed by atoms with Crippen LogP contribution in [-0.4, -0.2) is 29.9 Å². The first-order valence-electron chi connectivity index (χ1n) is 19.2. The Labute approximate surface area is 339 Å². The highest BCUT2D eigenvalue weighted by molar-refractivity contribution is 6.30. The highest BCUT2D eigenvalue weighted by Gasteiger charge is 2.19. The van der Waals surface area contributed by atoms with Crippen molar-refractivity contribution in [3.8, 4) is 55.9 Å². The molecule has 0 unspecified atom stereocenters. The Kier molecular flexibility index (Phi) is 8.08. The number of nitrogens with zero attached hydrogens (tertiary/aromatic N) is 3. The quantitative estimate of drug-likeness (QED) is 0.163. The van der Waals surface area contributed by atoms with Crippen molar-refractivity contribution in [2.24, 2.45) is 0 Å². The van der Waals surface area contributed by atoms with Crippen LogP contribution in [0, 0.1) is 0 Å². The van der Waals surface area contributed by atoms with Crippen LogP contribution in [0.2, 0.25) is 5.02 Å². The number of rotatable bonds is 5. The van der Waals surface area contributed by atoms with Crippen LogP contribution in [-0.2, 0) is 0 Å². The van der Waals surface area contributed by atoms with Crippen LogP contribution in [0.15, 0.2) is 158 Å². The summed E-state index contributed by atoms with van der Waals surface area (Å²) >= 11 is 6.21. The summed E-state index contributed by atoms with van der Waals surface area (Å²) in [5.74, 6) is 0.784. The van der Waals surface area contributed by atoms with Crippen molar-refractivity contribution in [1.82, 2.24) is 29.9 Å². The number of hydrogen-bond acceptors (Lipinski definition) is 3. The fourth-order valence-electron chi connectivity index (χ4n) is 8.14. The van der Waals surface area contributed by atoms with Gasteiger partial charge in [0.25, 0.3) is 0 Å². The number of imidazole rings is 1. The topological polar surface area (TPSA) is 86.0 Å². The number of fused-ring (bicyclic) bond motifs is 9. The molecule has 6 nitrogen and oxygen atoms in total. The number of aromatic nitrogens is 6. The van der Waals surface area contributed by atoms with Gasteiger partial charge in [-0.25, -0.2) is 15.0 Å². The summed E-state index contributed by atoms with van der Waals surface area (Å²) in [6, 6.07) is 54.1. The van der Waals surface area contributed by atoms with Crippen molar-refractivity contribution in [3.63, 3.8) is 0 Å². The number of hydrogen-bond donors (Lipinski definition) is 3. The third-order valence-corrected chi connectivity index (χ3v) is 11.1. The lowest BCUT2D eigenvalue weighted by Gasteiger charge is -2.07. The second-order valence-electron chi connectivity index (χ2n) is 14.4. The van der Waals surface area contributed by atoms with Crippen LogP contribution >= 0.6 is 11.6 Å². The summed E-state index contributed by atoms with van der Waals surface area (Å²) in [5.41, 5.74) is 18.2. The molecule has 0 aliphatic carbocycles. The van der Waals surface area contributed by atoms with Gasteiger partial charge in [-0.2, -0.15) is 0 Å². The molecule has 0 saturated carbocycles. The summed E-state index contributed by atoms with van der Waals surface area (Å²) < 4.78 is 0. The summed E-state index contributed by atoms with van der Waals surface area (Å²) in [6.07, 6.45) is 8.51. The third kappa shape index (κ3) is 5.95. The predicted octanol–water partition coefficient (Wildman–Crippen LogP) is 13.5. The minimum atomic E-state index is 0.687. The normalized spacial score (nSPS) is 12.1. The Hall–Kier alpha value is -7.54. The van der Waals surface area contributed by atoms with Gasteiger partial charge < -0.3 is 15.0 Å². The van der Waals surface area contributed by atoms with E-state index in [0.717, 1.165) is 112 Å². The first kappa shape index (κ1) is 33.8. The average Bonchev–Trinajstić information content (AvgIpc) is 4.13. The Morgan fingerprint density at radius 2 is 0.707 bits per heavy atom. The van der Waals surface area contributed by atoms with E-state index in [1.165, 1.54) is 0 Å². The minimum absolute atomic E-state index is 0.687. The Bertz CT molecular complexity index is 3230. The van der Waals surface area contributed by atoms with Crippen molar-refractivity contribution < 1.29 is 0 Å². The number of benzene rings is 5. The largest absolute Gasteiger partial charge is 0.354 e. The summed E-state index contributed by atoms with van der Waals surface area (Å²) in [5, 5.41) is 0.687. The van der Waals surface area contributed by atoms with E-state index < -0.39 is 0 Å². The molecule has 0 saturated heterocycles. The van der Waals surface area contributed by atoms with E-state index in [1.54, 1.807) is 0 Å². The van der Waals surface area contributed by atoms with E-state index in [4.69, 9.17) is 26.6 Å². The van der Waals surface area contributed by atoms with Crippen LogP contribution in [0.5, 0.6) is 0 Å². The molecular weight excluding hydrogens is 732 g/mol. The Balaban J connectivity index is 1.25. The van der Waals surface area contributed by atoms with Crippen LogP contribution < -0.4 is 0 Å². The van der Waals surface area contributed by atoms with E-state index in [1.807, 2.05) is 42.5 Å². The van der Waals surface area contributed by atoms with Crippen LogP contribution in [0.3, 0.4) is 0 Å². The van der Waals surface area contributed by atoms with Gasteiger partial charge in [-0.3, -0.25) is 0 Å². The Morgan fingerprint density at radius 1 is 0.328 bits per heavy atom. The van der Waals surface area contributed by atoms with Crippen molar-refractivity contribution in [2.45, 2.75) is 0 Å². The van der Waals surface area contributed by atoms with E-state index in [-0.39, 0.29) is 0 Å². The smallest absolute Gasteiger partial charge is 0.138 e. The highest BCUT2D eigenvalue weighted by Crippen LogP contribution is 2.39. The monoisotopic (exact) mass is 764 g/mol. The molecule has 0 amide bonds. The summed E-state index contributed by atoms with van der Waals surface area (Å²) in [6.45, 7) is 0. The first-order valence-corrected chi connectivity index (χ1v) is 19.6. The zero-order valence-electron chi connectivity index (χ0n) is 31.0. The van der Waals surface area contributed by atoms with Gasteiger partial charge in [0.2, 0.25) is 0 Å². The van der Waals surface area contributed by atoms with E-state index in [0.29, 0.717) is 5.02 Å². The fourth-order valence-corrected chi connectivity index (χ4v) is 8.27. The lowest BCUT2D eigenvalue weighted by Crippen LogP contribution is -1.89. The molecule has 6 heterocycles. The molecule has 5 aromatic carbocycles. The maximum atomic E-state index is 6.21. The van der Waals surface area contributed by atoms with Gasteiger partial charge >= 0.3 is 0 Å². The lowest BCUT2D eigenvalue weighted by molar-refractivity contribution is 1.31. The van der Waals surface area contributed by atoms with E-state index in [9.17, 15) is 0 Å². The van der Waals surface area contributed by atoms with Crippen molar-refractivity contribution >= 4 is 69.0 Å². The summed E-state index contributed by atoms with van der Waals surface area (Å²) in [4.78, 5) is 27.0. The van der Waals surface area contributed by atoms with Gasteiger partial charge in [-0.15, -0.1) is 0 Å². The molecule has 0 atom stereocenters. The van der Waals surface area contributed by atoms with Crippen molar-refractivity contribution in [1.29, 1.82) is 0 Å². The Morgan fingerprint density at radius 3 is 1.14 bits per heavy atom. The molecule has 2 aliphatic heterocycles. The van der Waals surface area contributed by atoms with E-state index in [2.05, 4.69) is 155 Å². The number of aromatic amines is 3. The number of H-pyrrole nitrogens is 3. The van der Waals surface area contributed by atoms with Gasteiger partial charge in [-0.1, -0.05) is 109 Å². The molecule has 274 valence electrons. The highest BCUT2D eigenvalue weighted by atomic mass is 35.5. The maximum Gasteiger partial charge on any atom is 0.138 e. The standard InChI is InChI=1S/C51H33ClN6/c52-36-19-16-34(17-20-36)51-57-37-21-18-35(30-46(37)58-51)50-44-28-26-42(55-44)48(32-12-6-2-7-13-32)40-24-22-38(53-40)47(31-10-4-1-5-11-31)39-23-25-41(54-39)49(33-14-8-3-9-15-33)43-27-29-45(50)56-43/h1-30,53,56H,(H,57,58). The number of nitrogens with one attached hydrogen (secondary N) is 3. The van der Waals surface area contributed by atoms with Gasteiger partial charge in [0.1, 0.15) is 5.82 Å². The molecule has 0 spiro atoms. The van der Waals surface area contributed by atoms with Crippen LogP contribution in [0.4, 0.5) is 0 Å². The molecule has 11 rings (SSSR count). The summed E-state index contributed by atoms with van der Waals surface area (Å²) in [7, 11) is 0. The average molecular weight is 765 g/mol. The van der Waals surface area contributed by atoms with Gasteiger partial charge in [0, 0.05) is 54.9 Å². The molecule has 9 aromatic rings. The SMILES string of the molecule is Clc1ccc(-c2nc3cc(-c4c5nc(c(-c6ccccc6)c6ccc([nH]6)c(-c6ccccc6)c6nc(c(-c7ccccc7)c7ccc4[nH]7)C=C6)C=C5)ccc3[nH]2)cc1. The fraction of sp³-hybridized carbons (Fsp3) is 0. The molecule has 0 fully saturated rings. The minimum Gasteiger partial charge on any atom is -0.354 e. The first-order chi connectivity index (χ1) is 28.6. The molecule has 4 aromatic heterocycles. The van der Waals surface area contributed by atoms with Gasteiger partial charge in [0.05, 0.1) is 33.8 Å². The molecule has 58 heavy (non-hydrogen) atoms. The second kappa shape index (κ2) is 13.9. The van der Waals surface area contributed by atoms with E-state index >= 15 is 0 Å². The zero-order valence-corrected chi connectivity index (χ0v) is 31.8. The zero-order chi connectivity index (χ0) is 38.6. The van der Waals surface area contributed by atoms with Crippen molar-refractivity contribution in [3.05, 3.63) is 186 Å². The molecule has 3 N–H and O–H groups in total. The van der Waals surface area contributed by atoms with Crippen molar-refractivity contribution in [2.75, 3.05) is 0 Å². The molecule has 0 radical (unpaired) electrons. The van der Waals surface area contributed by atoms with Gasteiger partial charge in [-0.05, 0) is 107 Å². The van der Waals surface area contributed by atoms with Crippen LogP contribution in [0.1, 0.15) is 22.8 Å². The third-order valence-electron chi connectivity index (χ3n) is 10.8.